The summed E-state index contributed by atoms with van der Waals surface area (Å²) in [5.41, 5.74) is 1.46. The van der Waals surface area contributed by atoms with Crippen LogP contribution in [0.4, 0.5) is 5.82 Å². The van der Waals surface area contributed by atoms with Crippen LogP contribution >= 0.6 is 0 Å². The highest BCUT2D eigenvalue weighted by Crippen LogP contribution is 2.16. The minimum absolute atomic E-state index is 0.120. The van der Waals surface area contributed by atoms with Gasteiger partial charge in [0.25, 0.3) is 0 Å². The third-order valence-corrected chi connectivity index (χ3v) is 3.38. The third kappa shape index (κ3) is 4.54. The van der Waals surface area contributed by atoms with Crippen molar-refractivity contribution in [1.29, 1.82) is 5.26 Å². The number of hydrogen-bond acceptors (Lipinski definition) is 5. The summed E-state index contributed by atoms with van der Waals surface area (Å²) in [7, 11) is 0. The zero-order valence-corrected chi connectivity index (χ0v) is 13.2. The molecule has 1 aromatic carbocycles. The Kier molecular flexibility index (Phi) is 5.08. The average Bonchev–Trinajstić information content (AvgIpc) is 2.54. The Balaban J connectivity index is 1.91. The van der Waals surface area contributed by atoms with E-state index in [-0.39, 0.29) is 11.6 Å². The second kappa shape index (κ2) is 7.01. The van der Waals surface area contributed by atoms with Crippen molar-refractivity contribution in [2.45, 2.75) is 32.4 Å². The molecule has 114 valence electrons. The quantitative estimate of drug-likeness (QED) is 0.857. The molecule has 5 heteroatoms. The van der Waals surface area contributed by atoms with Gasteiger partial charge in [0.05, 0.1) is 12.4 Å². The zero-order chi connectivity index (χ0) is 16.0. The van der Waals surface area contributed by atoms with Crippen LogP contribution in [0.5, 0.6) is 0 Å². The first-order valence-electron chi connectivity index (χ1n) is 7.29. The summed E-state index contributed by atoms with van der Waals surface area (Å²) in [6.45, 7) is 7.12. The van der Waals surface area contributed by atoms with Gasteiger partial charge >= 0.3 is 0 Å². The molecule has 0 aliphatic heterocycles. The number of nitriles is 1. The second-order valence-corrected chi connectivity index (χ2v) is 5.91. The van der Waals surface area contributed by atoms with Gasteiger partial charge in [0, 0.05) is 18.1 Å². The lowest BCUT2D eigenvalue weighted by Crippen LogP contribution is -2.46. The molecule has 5 nitrogen and oxygen atoms in total. The van der Waals surface area contributed by atoms with Crippen molar-refractivity contribution in [3.63, 3.8) is 0 Å². The van der Waals surface area contributed by atoms with Crippen molar-refractivity contribution in [2.24, 2.45) is 0 Å². The molecular formula is C17H21N5. The summed E-state index contributed by atoms with van der Waals surface area (Å²) in [6, 6.07) is 12.6. The third-order valence-electron chi connectivity index (χ3n) is 3.38. The molecule has 0 saturated heterocycles. The van der Waals surface area contributed by atoms with E-state index in [4.69, 9.17) is 5.26 Å². The fourth-order valence-corrected chi connectivity index (χ4v) is 2.25. The second-order valence-electron chi connectivity index (χ2n) is 5.91. The number of anilines is 1. The van der Waals surface area contributed by atoms with Crippen molar-refractivity contribution in [3.8, 4) is 6.07 Å². The van der Waals surface area contributed by atoms with Crippen LogP contribution in [0, 0.1) is 11.3 Å². The van der Waals surface area contributed by atoms with E-state index in [1.807, 2.05) is 24.3 Å². The summed E-state index contributed by atoms with van der Waals surface area (Å²) in [4.78, 5) is 8.17. The maximum atomic E-state index is 8.71. The van der Waals surface area contributed by atoms with Gasteiger partial charge in [0.2, 0.25) is 0 Å². The van der Waals surface area contributed by atoms with E-state index in [2.05, 4.69) is 53.5 Å². The Bertz CT molecular complexity index is 628. The lowest BCUT2D eigenvalue weighted by Gasteiger charge is -2.31. The SMILES string of the molecule is C[C@@H](NC(C)(C)CNc1cnc(C#N)cn1)c1ccccc1. The van der Waals surface area contributed by atoms with E-state index < -0.39 is 0 Å². The van der Waals surface area contributed by atoms with E-state index in [9.17, 15) is 0 Å². The van der Waals surface area contributed by atoms with Gasteiger partial charge in [-0.3, -0.25) is 0 Å². The first kappa shape index (κ1) is 15.9. The van der Waals surface area contributed by atoms with Gasteiger partial charge in [-0.25, -0.2) is 9.97 Å². The lowest BCUT2D eigenvalue weighted by molar-refractivity contribution is 0.364. The van der Waals surface area contributed by atoms with Crippen LogP contribution in [0.1, 0.15) is 38.1 Å². The summed E-state index contributed by atoms with van der Waals surface area (Å²) < 4.78 is 0. The Morgan fingerprint density at radius 2 is 1.91 bits per heavy atom. The first-order chi connectivity index (χ1) is 10.5. The first-order valence-corrected chi connectivity index (χ1v) is 7.29. The minimum atomic E-state index is -0.120. The van der Waals surface area contributed by atoms with E-state index in [0.717, 1.165) is 0 Å². The molecule has 0 bridgehead atoms. The van der Waals surface area contributed by atoms with Gasteiger partial charge < -0.3 is 10.6 Å². The highest BCUT2D eigenvalue weighted by atomic mass is 15.1. The van der Waals surface area contributed by atoms with Crippen molar-refractivity contribution in [2.75, 3.05) is 11.9 Å². The molecule has 2 aromatic rings. The van der Waals surface area contributed by atoms with Crippen LogP contribution in [0.25, 0.3) is 0 Å². The summed E-state index contributed by atoms with van der Waals surface area (Å²) in [5.74, 6) is 0.668. The molecular weight excluding hydrogens is 274 g/mol. The lowest BCUT2D eigenvalue weighted by atomic mass is 10.0. The van der Waals surface area contributed by atoms with Gasteiger partial charge in [-0.1, -0.05) is 30.3 Å². The zero-order valence-electron chi connectivity index (χ0n) is 13.2. The molecule has 22 heavy (non-hydrogen) atoms. The highest BCUT2D eigenvalue weighted by Gasteiger charge is 2.20. The van der Waals surface area contributed by atoms with Crippen molar-refractivity contribution < 1.29 is 0 Å². The van der Waals surface area contributed by atoms with E-state index in [1.54, 1.807) is 6.20 Å². The summed E-state index contributed by atoms with van der Waals surface area (Å²) >= 11 is 0. The molecule has 2 rings (SSSR count). The predicted molar refractivity (Wildman–Crippen MR) is 87.3 cm³/mol. The summed E-state index contributed by atoms with van der Waals surface area (Å²) in [6.07, 6.45) is 3.05. The van der Waals surface area contributed by atoms with Crippen molar-refractivity contribution in [1.82, 2.24) is 15.3 Å². The molecule has 0 spiro atoms. The molecule has 0 aliphatic carbocycles. The minimum Gasteiger partial charge on any atom is -0.367 e. The van der Waals surface area contributed by atoms with E-state index in [1.165, 1.54) is 11.8 Å². The molecule has 0 radical (unpaired) electrons. The number of nitrogens with zero attached hydrogens (tertiary/aromatic N) is 3. The molecule has 1 atom stereocenters. The largest absolute Gasteiger partial charge is 0.367 e. The number of rotatable bonds is 6. The summed E-state index contributed by atoms with van der Waals surface area (Å²) in [5, 5.41) is 15.6. The Labute approximate surface area is 131 Å². The normalized spacial score (nSPS) is 12.5. The van der Waals surface area contributed by atoms with Crippen molar-refractivity contribution in [3.05, 3.63) is 54.0 Å². The fraction of sp³-hybridized carbons (Fsp3) is 0.353. The van der Waals surface area contributed by atoms with Gasteiger partial charge in [0.15, 0.2) is 5.69 Å². The molecule has 0 unspecified atom stereocenters. The van der Waals surface area contributed by atoms with Gasteiger partial charge in [-0.05, 0) is 26.3 Å². The highest BCUT2D eigenvalue weighted by molar-refractivity contribution is 5.33. The number of benzene rings is 1. The average molecular weight is 295 g/mol. The standard InChI is InChI=1S/C17H21N5/c1-13(14-7-5-4-6-8-14)22-17(2,3)12-21-16-11-19-15(9-18)10-20-16/h4-8,10-11,13,22H,12H2,1-3H3,(H,20,21)/t13-/m1/s1. The molecule has 0 saturated carbocycles. The van der Waals surface area contributed by atoms with Gasteiger partial charge in [-0.2, -0.15) is 5.26 Å². The number of hydrogen-bond donors (Lipinski definition) is 2. The number of nitrogens with one attached hydrogen (secondary N) is 2. The monoisotopic (exact) mass is 295 g/mol. The van der Waals surface area contributed by atoms with Crippen LogP contribution in [0.2, 0.25) is 0 Å². The maximum absolute atomic E-state index is 8.71. The Morgan fingerprint density at radius 1 is 1.18 bits per heavy atom. The van der Waals surface area contributed by atoms with Crippen LogP contribution in [-0.4, -0.2) is 22.1 Å². The van der Waals surface area contributed by atoms with Crippen LogP contribution < -0.4 is 10.6 Å². The topological polar surface area (TPSA) is 73.6 Å². The molecule has 0 amide bonds. The van der Waals surface area contributed by atoms with E-state index in [0.29, 0.717) is 18.1 Å². The molecule has 0 aliphatic rings. The van der Waals surface area contributed by atoms with E-state index >= 15 is 0 Å². The number of aromatic nitrogens is 2. The Hall–Kier alpha value is -2.45. The smallest absolute Gasteiger partial charge is 0.158 e. The van der Waals surface area contributed by atoms with Crippen LogP contribution in [0.15, 0.2) is 42.7 Å². The molecule has 1 heterocycles. The van der Waals surface area contributed by atoms with Crippen LogP contribution in [-0.2, 0) is 0 Å². The van der Waals surface area contributed by atoms with Crippen molar-refractivity contribution >= 4 is 5.82 Å². The molecule has 2 N–H and O–H groups in total. The molecule has 1 aromatic heterocycles. The fourth-order valence-electron chi connectivity index (χ4n) is 2.25. The van der Waals surface area contributed by atoms with Crippen LogP contribution in [0.3, 0.4) is 0 Å². The van der Waals surface area contributed by atoms with Gasteiger partial charge in [0.1, 0.15) is 11.9 Å². The maximum Gasteiger partial charge on any atom is 0.158 e. The Morgan fingerprint density at radius 3 is 2.50 bits per heavy atom. The predicted octanol–water partition coefficient (Wildman–Crippen LogP) is 2.89. The van der Waals surface area contributed by atoms with Gasteiger partial charge in [-0.15, -0.1) is 0 Å². The molecule has 0 fully saturated rings.